The van der Waals surface area contributed by atoms with Crippen LogP contribution in [0, 0.1) is 6.92 Å². The van der Waals surface area contributed by atoms with Crippen molar-refractivity contribution in [3.63, 3.8) is 0 Å². The molecule has 0 radical (unpaired) electrons. The van der Waals surface area contributed by atoms with Gasteiger partial charge < -0.3 is 9.72 Å². The predicted molar refractivity (Wildman–Crippen MR) is 107 cm³/mol. The maximum absolute atomic E-state index is 11.9. The van der Waals surface area contributed by atoms with Crippen molar-refractivity contribution in [2.75, 3.05) is 5.32 Å². The average Bonchev–Trinajstić information content (AvgIpc) is 3.11. The number of aromatic amines is 1. The number of amides is 1. The Bertz CT molecular complexity index is 1070. The topological polar surface area (TPSA) is 67.0 Å². The third kappa shape index (κ3) is 3.98. The summed E-state index contributed by atoms with van der Waals surface area (Å²) in [6.45, 7) is 2.29. The van der Waals surface area contributed by atoms with E-state index in [1.165, 1.54) is 5.56 Å². The summed E-state index contributed by atoms with van der Waals surface area (Å²) >= 11 is 0. The number of carbonyl (C=O) groups excluding carboxylic acids is 1. The Morgan fingerprint density at radius 1 is 1.04 bits per heavy atom. The minimum atomic E-state index is -0.481. The molecular weight excluding hydrogens is 338 g/mol. The van der Waals surface area contributed by atoms with Gasteiger partial charge in [-0.3, -0.25) is 5.32 Å². The van der Waals surface area contributed by atoms with Gasteiger partial charge >= 0.3 is 6.09 Å². The number of nitrogens with one attached hydrogen (secondary N) is 2. The summed E-state index contributed by atoms with van der Waals surface area (Å²) in [6.07, 6.45) is -0.481. The van der Waals surface area contributed by atoms with Gasteiger partial charge in [-0.2, -0.15) is 0 Å². The Morgan fingerprint density at radius 3 is 2.59 bits per heavy atom. The van der Waals surface area contributed by atoms with E-state index in [2.05, 4.69) is 28.3 Å². The molecule has 0 spiro atoms. The molecule has 1 heterocycles. The number of rotatable bonds is 4. The number of imidazole rings is 1. The van der Waals surface area contributed by atoms with E-state index in [0.717, 1.165) is 28.0 Å². The lowest BCUT2D eigenvalue weighted by Gasteiger charge is -2.07. The summed E-state index contributed by atoms with van der Waals surface area (Å²) in [4.78, 5) is 19.9. The Labute approximate surface area is 157 Å². The molecule has 27 heavy (non-hydrogen) atoms. The zero-order valence-electron chi connectivity index (χ0n) is 14.9. The van der Waals surface area contributed by atoms with Gasteiger partial charge in [0.15, 0.2) is 0 Å². The number of fused-ring (bicyclic) bond motifs is 1. The van der Waals surface area contributed by atoms with Gasteiger partial charge in [0, 0.05) is 11.3 Å². The first-order valence-electron chi connectivity index (χ1n) is 8.72. The van der Waals surface area contributed by atoms with E-state index in [1.54, 1.807) is 0 Å². The van der Waals surface area contributed by atoms with Crippen LogP contribution in [0.2, 0.25) is 0 Å². The molecule has 5 nitrogen and oxygen atoms in total. The lowest BCUT2D eigenvalue weighted by Crippen LogP contribution is -2.13. The van der Waals surface area contributed by atoms with Crippen LogP contribution in [0.15, 0.2) is 72.8 Å². The van der Waals surface area contributed by atoms with Gasteiger partial charge in [-0.1, -0.05) is 36.4 Å². The largest absolute Gasteiger partial charge is 0.444 e. The second kappa shape index (κ2) is 7.33. The number of ether oxygens (including phenoxy) is 1. The van der Waals surface area contributed by atoms with E-state index >= 15 is 0 Å². The van der Waals surface area contributed by atoms with Crippen LogP contribution < -0.4 is 5.32 Å². The molecule has 0 saturated carbocycles. The van der Waals surface area contributed by atoms with Crippen LogP contribution >= 0.6 is 0 Å². The van der Waals surface area contributed by atoms with Crippen LogP contribution in [0.1, 0.15) is 11.1 Å². The van der Waals surface area contributed by atoms with Crippen molar-refractivity contribution < 1.29 is 9.53 Å². The molecule has 0 unspecified atom stereocenters. The molecule has 3 aromatic carbocycles. The van der Waals surface area contributed by atoms with Gasteiger partial charge in [-0.05, 0) is 54.4 Å². The van der Waals surface area contributed by atoms with Crippen molar-refractivity contribution >= 4 is 22.8 Å². The number of H-pyrrole nitrogens is 1. The van der Waals surface area contributed by atoms with Crippen molar-refractivity contribution in [2.45, 2.75) is 13.5 Å². The first-order chi connectivity index (χ1) is 13.2. The molecule has 0 atom stereocenters. The fourth-order valence-corrected chi connectivity index (χ4v) is 2.85. The highest BCUT2D eigenvalue weighted by molar-refractivity contribution is 5.85. The number of carbonyl (C=O) groups is 1. The number of benzene rings is 3. The molecule has 4 aromatic rings. The zero-order valence-corrected chi connectivity index (χ0v) is 14.9. The summed E-state index contributed by atoms with van der Waals surface area (Å²) in [5.41, 5.74) is 5.70. The molecule has 0 aliphatic heterocycles. The van der Waals surface area contributed by atoms with E-state index in [-0.39, 0.29) is 6.61 Å². The van der Waals surface area contributed by atoms with E-state index < -0.39 is 6.09 Å². The smallest absolute Gasteiger partial charge is 0.411 e. The van der Waals surface area contributed by atoms with Crippen molar-refractivity contribution in [2.24, 2.45) is 0 Å². The van der Waals surface area contributed by atoms with Crippen LogP contribution in [-0.2, 0) is 11.3 Å². The minimum absolute atomic E-state index is 0.239. The Hall–Kier alpha value is -3.60. The van der Waals surface area contributed by atoms with E-state index in [0.29, 0.717) is 5.69 Å². The van der Waals surface area contributed by atoms with Gasteiger partial charge in [-0.25, -0.2) is 9.78 Å². The maximum atomic E-state index is 11.9. The third-order valence-electron chi connectivity index (χ3n) is 4.25. The second-order valence-electron chi connectivity index (χ2n) is 6.37. The first-order valence-corrected chi connectivity index (χ1v) is 8.72. The van der Waals surface area contributed by atoms with E-state index in [1.807, 2.05) is 66.7 Å². The highest BCUT2D eigenvalue weighted by atomic mass is 16.5. The average molecular weight is 357 g/mol. The minimum Gasteiger partial charge on any atom is -0.444 e. The molecule has 0 bridgehead atoms. The number of hydrogen-bond acceptors (Lipinski definition) is 3. The molecule has 0 aliphatic rings. The molecule has 4 rings (SSSR count). The summed E-state index contributed by atoms with van der Waals surface area (Å²) in [5, 5.41) is 2.73. The van der Waals surface area contributed by atoms with Gasteiger partial charge in [0.25, 0.3) is 0 Å². The molecule has 0 aliphatic carbocycles. The summed E-state index contributed by atoms with van der Waals surface area (Å²) in [5.74, 6) is 0.800. The SMILES string of the molecule is Cc1ccc2nc(-c3ccc(NC(=O)OCc4ccccc4)cc3)[nH]c2c1. The fourth-order valence-electron chi connectivity index (χ4n) is 2.85. The molecular formula is C22H19N3O2. The molecule has 1 amide bonds. The molecule has 0 fully saturated rings. The Balaban J connectivity index is 1.41. The summed E-state index contributed by atoms with van der Waals surface area (Å²) < 4.78 is 5.23. The highest BCUT2D eigenvalue weighted by Gasteiger charge is 2.07. The van der Waals surface area contributed by atoms with Crippen LogP contribution in [0.5, 0.6) is 0 Å². The summed E-state index contributed by atoms with van der Waals surface area (Å²) in [7, 11) is 0. The highest BCUT2D eigenvalue weighted by Crippen LogP contribution is 2.22. The number of hydrogen-bond donors (Lipinski definition) is 2. The lowest BCUT2D eigenvalue weighted by atomic mass is 10.2. The van der Waals surface area contributed by atoms with E-state index in [9.17, 15) is 4.79 Å². The van der Waals surface area contributed by atoms with Crippen molar-refractivity contribution in [1.82, 2.24) is 9.97 Å². The predicted octanol–water partition coefficient (Wildman–Crippen LogP) is 5.29. The van der Waals surface area contributed by atoms with E-state index in [4.69, 9.17) is 4.74 Å². The molecule has 0 saturated heterocycles. The van der Waals surface area contributed by atoms with Gasteiger partial charge in [-0.15, -0.1) is 0 Å². The molecule has 5 heteroatoms. The second-order valence-corrected chi connectivity index (χ2v) is 6.37. The van der Waals surface area contributed by atoms with Crippen molar-refractivity contribution in [3.8, 4) is 11.4 Å². The summed E-state index contributed by atoms with van der Waals surface area (Å²) in [6, 6.07) is 23.2. The first kappa shape index (κ1) is 16.8. The van der Waals surface area contributed by atoms with Crippen LogP contribution in [0.4, 0.5) is 10.5 Å². The third-order valence-corrected chi connectivity index (χ3v) is 4.25. The molecule has 2 N–H and O–H groups in total. The quantitative estimate of drug-likeness (QED) is 0.522. The van der Waals surface area contributed by atoms with Crippen molar-refractivity contribution in [1.29, 1.82) is 0 Å². The molecule has 134 valence electrons. The van der Waals surface area contributed by atoms with Crippen LogP contribution in [0.3, 0.4) is 0 Å². The van der Waals surface area contributed by atoms with Gasteiger partial charge in [0.05, 0.1) is 11.0 Å². The fraction of sp³-hybridized carbons (Fsp3) is 0.0909. The van der Waals surface area contributed by atoms with Gasteiger partial charge in [0.2, 0.25) is 0 Å². The Morgan fingerprint density at radius 2 is 1.81 bits per heavy atom. The number of aryl methyl sites for hydroxylation is 1. The Kier molecular flexibility index (Phi) is 4.58. The maximum Gasteiger partial charge on any atom is 0.411 e. The number of nitrogens with zero attached hydrogens (tertiary/aromatic N) is 1. The number of anilines is 1. The monoisotopic (exact) mass is 357 g/mol. The van der Waals surface area contributed by atoms with Gasteiger partial charge in [0.1, 0.15) is 12.4 Å². The van der Waals surface area contributed by atoms with Crippen LogP contribution in [-0.4, -0.2) is 16.1 Å². The zero-order chi connectivity index (χ0) is 18.6. The molecule has 1 aromatic heterocycles. The lowest BCUT2D eigenvalue weighted by molar-refractivity contribution is 0.155. The van der Waals surface area contributed by atoms with Crippen LogP contribution in [0.25, 0.3) is 22.4 Å². The standard InChI is InChI=1S/C22H19N3O2/c1-15-7-12-19-20(13-15)25-21(24-19)17-8-10-18(11-9-17)23-22(26)27-14-16-5-3-2-4-6-16/h2-13H,14H2,1H3,(H,23,26)(H,24,25). The van der Waals surface area contributed by atoms with Crippen molar-refractivity contribution in [3.05, 3.63) is 83.9 Å². The normalized spacial score (nSPS) is 10.7. The number of aromatic nitrogens is 2.